The van der Waals surface area contributed by atoms with Crippen LogP contribution in [0.4, 0.5) is 0 Å². The quantitative estimate of drug-likeness (QED) is 0.0108. The van der Waals surface area contributed by atoms with Crippen molar-refractivity contribution in [3.63, 3.8) is 0 Å². The number of primary sulfonamides is 2. The molecule has 0 aliphatic heterocycles. The molecule has 544 valence electrons. The first-order valence-corrected chi connectivity index (χ1v) is 49.7. The first-order valence-electron chi connectivity index (χ1n) is 28.6. The summed E-state index contributed by atoms with van der Waals surface area (Å²) in [5.74, 6) is 3.51. The molecule has 24 nitrogen and oxygen atoms in total. The van der Waals surface area contributed by atoms with Crippen LogP contribution in [0.1, 0.15) is 71.2 Å². The second kappa shape index (κ2) is 51.9. The molecule has 0 radical (unpaired) electrons. The van der Waals surface area contributed by atoms with Crippen LogP contribution in [0.5, 0.6) is 46.0 Å². The fourth-order valence-corrected chi connectivity index (χ4v) is 9.73. The number of para-hydroxylation sites is 4. The van der Waals surface area contributed by atoms with Gasteiger partial charge in [0.15, 0.2) is 29.6 Å². The molecular formula is C63H89Br2ClI3N6O18S3V. The zero-order valence-electron chi connectivity index (χ0n) is 54.5. The molecule has 0 saturated carbocycles. The van der Waals surface area contributed by atoms with E-state index in [9.17, 15) is 31.2 Å². The van der Waals surface area contributed by atoms with Crippen molar-refractivity contribution in [3.8, 4) is 46.0 Å². The van der Waals surface area contributed by atoms with Gasteiger partial charge in [-0.25, -0.2) is 27.1 Å². The van der Waals surface area contributed by atoms with Crippen molar-refractivity contribution in [2.45, 2.75) is 109 Å². The maximum atomic E-state index is 12.2. The molecule has 0 aliphatic rings. The van der Waals surface area contributed by atoms with Gasteiger partial charge in [0.05, 0.1) is 52.3 Å². The van der Waals surface area contributed by atoms with Crippen LogP contribution in [0.15, 0.2) is 143 Å². The molecule has 6 aromatic carbocycles. The maximum absolute atomic E-state index is 12.2. The third-order valence-corrected chi connectivity index (χ3v) is 14.6. The molecule has 6 rings (SSSR count). The van der Waals surface area contributed by atoms with Gasteiger partial charge >= 0.3 is 74.2 Å². The SMILES string of the molecule is C.CCOc1ccccc1O.CCOc1ccccc1OCC(=O)N[C@H](C)Cc1ccc(OC)c(S(N)(=O)=O)c1.COc1ccc(C[C@@H](C)N)cc1.COc1ccc(C[C@@H](C)NC(=O)CBr)cc1.COc1ccc(C[C@@H](C)NC(=O)CBr)cc1S(N)(=O)=O.O=S(=O)(O)Cl.[I][V]([I])[I]. The molecule has 0 aliphatic carbocycles. The Morgan fingerprint density at radius 2 is 0.825 bits per heavy atom. The number of hydrogen-bond donors (Lipinski definition) is 8. The van der Waals surface area contributed by atoms with Gasteiger partial charge in [-0.15, -0.1) is 0 Å². The van der Waals surface area contributed by atoms with Gasteiger partial charge in [0.1, 0.15) is 32.8 Å². The van der Waals surface area contributed by atoms with Gasteiger partial charge in [-0.05, 0) is 162 Å². The Labute approximate surface area is 631 Å². The number of ether oxygens (including phenoxy) is 7. The number of nitrogens with two attached hydrogens (primary N) is 3. The predicted octanol–water partition coefficient (Wildman–Crippen LogP) is 11.5. The fourth-order valence-electron chi connectivity index (χ4n) is 7.92. The van der Waals surface area contributed by atoms with Crippen LogP contribution in [0.2, 0.25) is 0 Å². The van der Waals surface area contributed by atoms with Gasteiger partial charge in [-0.1, -0.05) is 100.0 Å². The Morgan fingerprint density at radius 3 is 1.14 bits per heavy atom. The number of nitrogens with one attached hydrogen (secondary N) is 3. The molecule has 11 N–H and O–H groups in total. The van der Waals surface area contributed by atoms with Crippen molar-refractivity contribution in [2.75, 3.05) is 58.9 Å². The van der Waals surface area contributed by atoms with Crippen LogP contribution >= 0.6 is 102 Å². The Hall–Kier alpha value is -4.16. The number of aromatic hydroxyl groups is 1. The van der Waals surface area contributed by atoms with Crippen LogP contribution in [-0.2, 0) is 74.4 Å². The second-order valence-electron chi connectivity index (χ2n) is 19.9. The number of halogens is 6. The molecule has 0 unspecified atom stereocenters. The van der Waals surface area contributed by atoms with E-state index in [0.29, 0.717) is 54.2 Å². The van der Waals surface area contributed by atoms with E-state index in [4.69, 9.17) is 67.2 Å². The molecule has 6 aromatic rings. The van der Waals surface area contributed by atoms with E-state index in [1.165, 1.54) is 43.5 Å². The molecular weight excluding hydrogens is 1850 g/mol. The van der Waals surface area contributed by atoms with E-state index < -0.39 is 29.4 Å². The molecule has 4 atom stereocenters. The number of sulfonamides is 2. The van der Waals surface area contributed by atoms with E-state index in [1.807, 2.05) is 102 Å². The Balaban J connectivity index is 0. The number of carbonyl (C=O) groups excluding carboxylic acids is 3. The van der Waals surface area contributed by atoms with Crippen molar-refractivity contribution < 1.29 is 87.4 Å². The summed E-state index contributed by atoms with van der Waals surface area (Å²) in [4.78, 5) is 34.2. The van der Waals surface area contributed by atoms with Crippen molar-refractivity contribution in [1.29, 1.82) is 0 Å². The molecule has 0 heterocycles. The van der Waals surface area contributed by atoms with Crippen molar-refractivity contribution in [1.82, 2.24) is 16.0 Å². The number of hydrogen-bond acceptors (Lipinski definition) is 18. The predicted molar refractivity (Wildman–Crippen MR) is 412 cm³/mol. The summed E-state index contributed by atoms with van der Waals surface area (Å²) >= 11 is 13.6. The Morgan fingerprint density at radius 1 is 0.515 bits per heavy atom. The van der Waals surface area contributed by atoms with E-state index in [0.717, 1.165) is 29.9 Å². The van der Waals surface area contributed by atoms with Crippen molar-refractivity contribution in [3.05, 3.63) is 156 Å². The number of benzene rings is 6. The zero-order chi connectivity index (χ0) is 73.2. The van der Waals surface area contributed by atoms with Gasteiger partial charge in [-0.2, -0.15) is 8.42 Å². The van der Waals surface area contributed by atoms with Crippen molar-refractivity contribution >= 4 is 150 Å². The fraction of sp³-hybridized carbons (Fsp3) is 0.381. The van der Waals surface area contributed by atoms with E-state index in [1.54, 1.807) is 68.8 Å². The second-order valence-corrected chi connectivity index (χ2v) is 61.4. The number of phenols is 1. The Bertz CT molecular complexity index is 3600. The van der Waals surface area contributed by atoms with Crippen LogP contribution in [-0.4, -0.2) is 136 Å². The summed E-state index contributed by atoms with van der Waals surface area (Å²) in [7, 11) is -1.84. The van der Waals surface area contributed by atoms with Gasteiger partial charge < -0.3 is 59.9 Å². The summed E-state index contributed by atoms with van der Waals surface area (Å²) in [5, 5.41) is 28.6. The molecule has 0 aromatic heterocycles. The summed E-state index contributed by atoms with van der Waals surface area (Å²) in [5.41, 5.74) is 9.55. The third-order valence-electron chi connectivity index (χ3n) is 11.7. The first-order chi connectivity index (χ1) is 45.0. The number of rotatable bonds is 26. The van der Waals surface area contributed by atoms with E-state index in [-0.39, 0.29) is 93.2 Å². The van der Waals surface area contributed by atoms with E-state index in [2.05, 4.69) is 118 Å². The van der Waals surface area contributed by atoms with Crippen LogP contribution in [0.3, 0.4) is 0 Å². The number of alkyl halides is 2. The molecule has 0 bridgehead atoms. The summed E-state index contributed by atoms with van der Waals surface area (Å²) in [6, 6.07) is 39.4. The summed E-state index contributed by atoms with van der Waals surface area (Å²) in [6.07, 6.45) is 2.64. The monoisotopic (exact) mass is 1940 g/mol. The molecule has 97 heavy (non-hydrogen) atoms. The normalized spacial score (nSPS) is 11.7. The van der Waals surface area contributed by atoms with Crippen LogP contribution < -0.4 is 65.1 Å². The number of methoxy groups -OCH3 is 4. The first kappa shape index (κ1) is 94.9. The molecule has 0 saturated heterocycles. The zero-order valence-corrected chi connectivity index (χ0v) is 68.7. The van der Waals surface area contributed by atoms with E-state index >= 15 is 0 Å². The summed E-state index contributed by atoms with van der Waals surface area (Å²) < 4.78 is 108. The molecule has 0 spiro atoms. The average molecular weight is 1940 g/mol. The minimum atomic E-state index is -4.19. The van der Waals surface area contributed by atoms with Gasteiger partial charge in [0, 0.05) is 34.8 Å². The molecule has 3 amide bonds. The Kier molecular flexibility index (Phi) is 50.8. The van der Waals surface area contributed by atoms with Crippen molar-refractivity contribution in [2.24, 2.45) is 16.0 Å². The topological polar surface area (TPSA) is 373 Å². The number of phenolic OH excluding ortho intramolecular Hbond substituents is 1. The van der Waals surface area contributed by atoms with Gasteiger partial charge in [0.2, 0.25) is 31.9 Å². The number of amides is 3. The van der Waals surface area contributed by atoms with Crippen LogP contribution in [0, 0.1) is 0 Å². The standard InChI is InChI=1S/C20H26N2O6S.C12H17BrN2O4S.C12H16BrNO2.C10H15NO.C8H10O2.CH4.ClHO3S.3HI.V/c1-4-27-16-7-5-6-8-17(16)28-13-20(23)22-14(2)11-15-9-10-18(26-3)19(12-15)29(21,24)25;1-8(15-12(16)7-13)5-9-3-4-10(19-2)11(6-9)20(14,17)18;1-9(14-12(15)8-13)7-10-3-5-11(16-2)6-4-10;1-8(11)7-9-3-5-10(12-2)6-4-9;1-2-10-8-6-4-3-5-7(8)9;;1-5(2,3)4;;;;/h5-10,12,14H,4,11,13H2,1-3H3,(H,22,23)(H2,21,24,25);3-4,6,8H,5,7H2,1-2H3,(H,15,16)(H2,14,17,18);3-6,9H,7-8H2,1-2H3,(H,14,15);3-6,8H,7,11H2,1-2H3;3-6,9H,2H2,1H3;1H4;(H,2,3,4);3*1H;/q;;;;;;;;;;+3/p-3/t14-;8-;9-;8-;;;;;;;/m1111......./s1. The average Bonchev–Trinajstić information content (AvgIpc) is 0.830. The van der Waals surface area contributed by atoms with Gasteiger partial charge in [0.25, 0.3) is 5.91 Å². The van der Waals surface area contributed by atoms with Gasteiger partial charge in [-0.3, -0.25) is 18.9 Å². The summed E-state index contributed by atoms with van der Waals surface area (Å²) in [6.45, 7) is 12.3. The minimum absolute atomic E-state index is 0. The third kappa shape index (κ3) is 46.1. The molecule has 0 fully saturated rings. The van der Waals surface area contributed by atoms with Crippen LogP contribution in [0.25, 0.3) is 0 Å². The number of carbonyl (C=O) groups is 3. The molecule has 34 heteroatoms.